The summed E-state index contributed by atoms with van der Waals surface area (Å²) in [7, 11) is 0. The Bertz CT molecular complexity index is 1030. The molecule has 2 aromatic rings. The van der Waals surface area contributed by atoms with Crippen molar-refractivity contribution in [3.8, 4) is 5.75 Å². The molecular formula is C22H24ClN3O. The zero-order valence-electron chi connectivity index (χ0n) is 18.4. The number of nitrogens with zero attached hydrogens (tertiary/aromatic N) is 2. The lowest BCUT2D eigenvalue weighted by atomic mass is 9.93. The Hall–Kier alpha value is -2.30. The maximum atomic E-state index is 7.77. The van der Waals surface area contributed by atoms with E-state index in [1.54, 1.807) is 0 Å². The lowest BCUT2D eigenvalue weighted by Gasteiger charge is -2.29. The molecule has 0 amide bonds. The van der Waals surface area contributed by atoms with Gasteiger partial charge in [0.25, 0.3) is 0 Å². The minimum atomic E-state index is -2.12. The molecule has 0 unspecified atom stereocenters. The fourth-order valence-electron chi connectivity index (χ4n) is 3.46. The van der Waals surface area contributed by atoms with Crippen molar-refractivity contribution < 1.29 is 8.85 Å². The van der Waals surface area contributed by atoms with Gasteiger partial charge in [0.2, 0.25) is 0 Å². The van der Waals surface area contributed by atoms with E-state index in [-0.39, 0.29) is 6.04 Å². The second-order valence-electron chi connectivity index (χ2n) is 6.76. The minimum Gasteiger partial charge on any atom is -0.494 e. The summed E-state index contributed by atoms with van der Waals surface area (Å²) in [6, 6.07) is 11.3. The van der Waals surface area contributed by atoms with Crippen molar-refractivity contribution >= 4 is 34.4 Å². The summed E-state index contributed by atoms with van der Waals surface area (Å²) >= 11 is 6.23. The van der Waals surface area contributed by atoms with E-state index < -0.39 is 6.98 Å². The molecule has 4 rings (SSSR count). The number of benzene rings is 2. The number of rotatable bonds is 3. The summed E-state index contributed by atoms with van der Waals surface area (Å²) in [5, 5.41) is 4.07. The number of nitrogens with one attached hydrogen (secondary N) is 1. The van der Waals surface area contributed by atoms with Crippen molar-refractivity contribution in [2.45, 2.75) is 26.3 Å². The number of anilines is 2. The Labute approximate surface area is 169 Å². The largest absolute Gasteiger partial charge is 0.494 e. The van der Waals surface area contributed by atoms with Crippen LogP contribution in [0.15, 0.2) is 53.0 Å². The smallest absolute Gasteiger partial charge is 0.120 e. The van der Waals surface area contributed by atoms with E-state index in [1.807, 2.05) is 56.3 Å². The average molecular weight is 385 g/mol. The van der Waals surface area contributed by atoms with Crippen LogP contribution in [0.4, 0.5) is 17.1 Å². The molecule has 0 fully saturated rings. The third-order valence-corrected chi connectivity index (χ3v) is 5.11. The fraction of sp³-hybridized carbons (Fsp3) is 0.318. The zero-order valence-corrected chi connectivity index (χ0v) is 16.2. The minimum absolute atomic E-state index is 0.225. The molecule has 1 N–H and O–H groups in total. The second-order valence-corrected chi connectivity index (χ2v) is 7.20. The van der Waals surface area contributed by atoms with Crippen molar-refractivity contribution in [1.29, 1.82) is 0 Å². The Morgan fingerprint density at radius 1 is 1.30 bits per heavy atom. The molecule has 2 aliphatic rings. The monoisotopic (exact) mass is 384 g/mol. The Kier molecular flexibility index (Phi) is 4.02. The fourth-order valence-corrected chi connectivity index (χ4v) is 3.63. The summed E-state index contributed by atoms with van der Waals surface area (Å²) in [5.41, 5.74) is 5.30. The molecule has 27 heavy (non-hydrogen) atoms. The SMILES string of the molecule is [2H]C([2H])([2H])N1CCC(C2=Nc3cc(Cl)ccc3Nc3ccc(OCC)cc32)=C[C@@H]1C. The summed E-state index contributed by atoms with van der Waals surface area (Å²) in [6.07, 6.45) is 2.59. The molecular weight excluding hydrogens is 358 g/mol. The first-order valence-electron chi connectivity index (χ1n) is 10.7. The molecule has 0 aliphatic carbocycles. The van der Waals surface area contributed by atoms with E-state index in [4.69, 9.17) is 25.4 Å². The predicted octanol–water partition coefficient (Wildman–Crippen LogP) is 5.57. The van der Waals surface area contributed by atoms with Gasteiger partial charge in [-0.2, -0.15) is 0 Å². The molecule has 0 saturated carbocycles. The standard InChI is InChI=1S/C22H24ClN3O/c1-4-27-17-6-8-19-18(13-17)22(15-9-10-26(3)14(2)11-15)25-21-12-16(23)5-7-20(21)24-19/h5-8,11-14,24H,4,9-10H2,1-3H3/t14-/m0/s1/i3D3. The molecule has 0 spiro atoms. The van der Waals surface area contributed by atoms with Gasteiger partial charge in [0.15, 0.2) is 0 Å². The maximum absolute atomic E-state index is 7.77. The van der Waals surface area contributed by atoms with E-state index in [0.717, 1.165) is 39.7 Å². The molecule has 2 heterocycles. The maximum Gasteiger partial charge on any atom is 0.120 e. The third kappa shape index (κ3) is 3.60. The first kappa shape index (κ1) is 14.7. The molecule has 4 nitrogen and oxygen atoms in total. The highest BCUT2D eigenvalue weighted by molar-refractivity contribution is 6.31. The van der Waals surface area contributed by atoms with Crippen LogP contribution in [0.3, 0.4) is 0 Å². The van der Waals surface area contributed by atoms with Gasteiger partial charge in [-0.3, -0.25) is 4.90 Å². The van der Waals surface area contributed by atoms with Crippen LogP contribution in [0.2, 0.25) is 5.02 Å². The van der Waals surface area contributed by atoms with Crippen LogP contribution in [0.5, 0.6) is 5.75 Å². The Balaban J connectivity index is 1.85. The van der Waals surface area contributed by atoms with Gasteiger partial charge >= 0.3 is 0 Å². The normalized spacial score (nSPS) is 21.3. The molecule has 140 valence electrons. The predicted molar refractivity (Wildman–Crippen MR) is 113 cm³/mol. The number of aliphatic imine (C=N–C) groups is 1. The molecule has 2 aromatic carbocycles. The van der Waals surface area contributed by atoms with E-state index in [1.165, 1.54) is 4.90 Å². The highest BCUT2D eigenvalue weighted by Gasteiger charge is 2.24. The van der Waals surface area contributed by atoms with Gasteiger partial charge in [0.05, 0.1) is 23.7 Å². The zero-order chi connectivity index (χ0) is 21.5. The van der Waals surface area contributed by atoms with Crippen LogP contribution in [-0.4, -0.2) is 36.8 Å². The highest BCUT2D eigenvalue weighted by atomic mass is 35.5. The van der Waals surface area contributed by atoms with Gasteiger partial charge in [-0.25, -0.2) is 4.99 Å². The van der Waals surface area contributed by atoms with E-state index in [2.05, 4.69) is 5.32 Å². The topological polar surface area (TPSA) is 36.9 Å². The highest BCUT2D eigenvalue weighted by Crippen LogP contribution is 2.39. The Morgan fingerprint density at radius 3 is 2.93 bits per heavy atom. The number of fused-ring (bicyclic) bond motifs is 2. The van der Waals surface area contributed by atoms with E-state index >= 15 is 0 Å². The van der Waals surface area contributed by atoms with Crippen molar-refractivity contribution in [1.82, 2.24) is 4.90 Å². The van der Waals surface area contributed by atoms with Crippen molar-refractivity contribution in [2.24, 2.45) is 4.99 Å². The van der Waals surface area contributed by atoms with Crippen LogP contribution in [0.1, 0.15) is 29.9 Å². The Morgan fingerprint density at radius 2 is 2.15 bits per heavy atom. The van der Waals surface area contributed by atoms with Gasteiger partial charge in [0.1, 0.15) is 5.75 Å². The number of halogens is 1. The first-order chi connectivity index (χ1) is 14.3. The molecule has 1 atom stereocenters. The van der Waals surface area contributed by atoms with E-state index in [0.29, 0.717) is 24.6 Å². The van der Waals surface area contributed by atoms with Crippen molar-refractivity contribution in [2.75, 3.05) is 25.4 Å². The molecule has 0 saturated heterocycles. The molecule has 0 aromatic heterocycles. The third-order valence-electron chi connectivity index (χ3n) is 4.88. The molecule has 0 radical (unpaired) electrons. The van der Waals surface area contributed by atoms with Crippen molar-refractivity contribution in [3.63, 3.8) is 0 Å². The quantitative estimate of drug-likeness (QED) is 0.751. The number of hydrogen-bond acceptors (Lipinski definition) is 4. The summed E-state index contributed by atoms with van der Waals surface area (Å²) in [4.78, 5) is 6.51. The van der Waals surface area contributed by atoms with Crippen LogP contribution < -0.4 is 10.1 Å². The number of hydrogen-bond donors (Lipinski definition) is 1. The average Bonchev–Trinajstić information content (AvgIpc) is 2.83. The van der Waals surface area contributed by atoms with E-state index in [9.17, 15) is 0 Å². The second kappa shape index (κ2) is 7.37. The summed E-state index contributed by atoms with van der Waals surface area (Å²) in [6.45, 7) is 2.75. The summed E-state index contributed by atoms with van der Waals surface area (Å²) in [5.74, 6) is 0.767. The van der Waals surface area contributed by atoms with Gasteiger partial charge in [-0.15, -0.1) is 0 Å². The van der Waals surface area contributed by atoms with Crippen LogP contribution in [0.25, 0.3) is 0 Å². The molecule has 5 heteroatoms. The molecule has 0 bridgehead atoms. The first-order valence-corrected chi connectivity index (χ1v) is 9.54. The lowest BCUT2D eigenvalue weighted by Crippen LogP contribution is -2.33. The van der Waals surface area contributed by atoms with Crippen LogP contribution in [0, 0.1) is 0 Å². The number of ether oxygens (including phenoxy) is 1. The molecule has 2 aliphatic heterocycles. The number of likely N-dealkylation sites (N-methyl/N-ethyl adjacent to an activating group) is 1. The summed E-state index contributed by atoms with van der Waals surface area (Å²) < 4.78 is 29.0. The van der Waals surface area contributed by atoms with Gasteiger partial charge in [0, 0.05) is 33.0 Å². The lowest BCUT2D eigenvalue weighted by molar-refractivity contribution is 0.288. The van der Waals surface area contributed by atoms with Gasteiger partial charge in [-0.1, -0.05) is 17.7 Å². The van der Waals surface area contributed by atoms with Crippen LogP contribution >= 0.6 is 11.6 Å². The van der Waals surface area contributed by atoms with Gasteiger partial charge < -0.3 is 10.1 Å². The van der Waals surface area contributed by atoms with Gasteiger partial charge in [-0.05, 0) is 69.2 Å². The van der Waals surface area contributed by atoms with Crippen LogP contribution in [-0.2, 0) is 0 Å². The van der Waals surface area contributed by atoms with Crippen molar-refractivity contribution in [3.05, 3.63) is 58.6 Å².